The van der Waals surface area contributed by atoms with E-state index in [4.69, 9.17) is 4.42 Å². The predicted octanol–water partition coefficient (Wildman–Crippen LogP) is 1.58. The van der Waals surface area contributed by atoms with Crippen LogP contribution in [0.15, 0.2) is 16.5 Å². The number of hydrogen-bond donors (Lipinski definition) is 2. The van der Waals surface area contributed by atoms with Crippen molar-refractivity contribution in [2.45, 2.75) is 50.7 Å². The average molecular weight is 303 g/mol. The minimum Gasteiger partial charge on any atom is -0.464 e. The van der Waals surface area contributed by atoms with Crippen LogP contribution in [0.2, 0.25) is 0 Å². The van der Waals surface area contributed by atoms with E-state index in [1.54, 1.807) is 0 Å². The van der Waals surface area contributed by atoms with Crippen LogP contribution in [0, 0.1) is 5.92 Å². The smallest absolute Gasteiger partial charge is 0.315 e. The van der Waals surface area contributed by atoms with Crippen LogP contribution < -0.4 is 10.6 Å². The molecule has 3 fully saturated rings. The molecule has 0 radical (unpaired) electrons. The molecule has 3 amide bonds. The quantitative estimate of drug-likeness (QED) is 0.867. The molecule has 3 aliphatic rings. The summed E-state index contributed by atoms with van der Waals surface area (Å²) in [6.45, 7) is 3.09. The third kappa shape index (κ3) is 2.58. The molecule has 6 heteroatoms. The van der Waals surface area contributed by atoms with Gasteiger partial charge >= 0.3 is 6.03 Å². The van der Waals surface area contributed by atoms with E-state index in [2.05, 4.69) is 17.6 Å². The fourth-order valence-electron chi connectivity index (χ4n) is 3.14. The first-order valence-electron chi connectivity index (χ1n) is 8.05. The van der Waals surface area contributed by atoms with Gasteiger partial charge in [-0.25, -0.2) is 4.79 Å². The van der Waals surface area contributed by atoms with Gasteiger partial charge in [-0.3, -0.25) is 4.79 Å². The lowest BCUT2D eigenvalue weighted by Crippen LogP contribution is -2.46. The summed E-state index contributed by atoms with van der Waals surface area (Å²) in [6.07, 6.45) is 3.26. The van der Waals surface area contributed by atoms with Crippen LogP contribution >= 0.6 is 0 Å². The van der Waals surface area contributed by atoms with E-state index in [0.717, 1.165) is 24.4 Å². The highest BCUT2D eigenvalue weighted by molar-refractivity contribution is 5.90. The van der Waals surface area contributed by atoms with Crippen molar-refractivity contribution >= 4 is 11.9 Å². The molecule has 0 aromatic carbocycles. The van der Waals surface area contributed by atoms with Gasteiger partial charge in [0.15, 0.2) is 0 Å². The molecule has 4 rings (SSSR count). The Bertz CT molecular complexity index is 608. The highest BCUT2D eigenvalue weighted by Gasteiger charge is 2.40. The molecule has 0 spiro atoms. The Morgan fingerprint density at radius 1 is 1.41 bits per heavy atom. The van der Waals surface area contributed by atoms with Gasteiger partial charge in [0.25, 0.3) is 0 Å². The molecular formula is C16H21N3O3. The first-order valence-corrected chi connectivity index (χ1v) is 8.05. The van der Waals surface area contributed by atoms with E-state index in [9.17, 15) is 9.59 Å². The van der Waals surface area contributed by atoms with Gasteiger partial charge in [0.1, 0.15) is 17.6 Å². The molecule has 22 heavy (non-hydrogen) atoms. The maximum absolute atomic E-state index is 12.6. The molecule has 6 nitrogen and oxygen atoms in total. The number of urea groups is 1. The Morgan fingerprint density at radius 2 is 2.18 bits per heavy atom. The second-order valence-electron chi connectivity index (χ2n) is 6.73. The number of rotatable bonds is 5. The van der Waals surface area contributed by atoms with Crippen molar-refractivity contribution in [1.82, 2.24) is 15.5 Å². The maximum atomic E-state index is 12.6. The normalized spacial score (nSPS) is 29.9. The van der Waals surface area contributed by atoms with Crippen molar-refractivity contribution < 1.29 is 14.0 Å². The van der Waals surface area contributed by atoms with E-state index in [1.165, 1.54) is 6.42 Å². The molecule has 0 bridgehead atoms. The lowest BCUT2D eigenvalue weighted by atomic mass is 10.2. The summed E-state index contributed by atoms with van der Waals surface area (Å²) in [5.41, 5.74) is 0. The van der Waals surface area contributed by atoms with Crippen LogP contribution in [0.5, 0.6) is 0 Å². The molecular weight excluding hydrogens is 282 g/mol. The number of hydrogen-bond acceptors (Lipinski definition) is 3. The number of amides is 3. The van der Waals surface area contributed by atoms with Gasteiger partial charge < -0.3 is 20.0 Å². The molecule has 2 aliphatic carbocycles. The monoisotopic (exact) mass is 303 g/mol. The van der Waals surface area contributed by atoms with Gasteiger partial charge in [-0.05, 0) is 37.3 Å². The fraction of sp³-hybridized carbons (Fsp3) is 0.625. The van der Waals surface area contributed by atoms with E-state index < -0.39 is 6.04 Å². The summed E-state index contributed by atoms with van der Waals surface area (Å²) in [4.78, 5) is 25.7. The van der Waals surface area contributed by atoms with Crippen LogP contribution in [-0.4, -0.2) is 35.5 Å². The van der Waals surface area contributed by atoms with Crippen LogP contribution in [-0.2, 0) is 11.3 Å². The summed E-state index contributed by atoms with van der Waals surface area (Å²) >= 11 is 0. The third-order valence-corrected chi connectivity index (χ3v) is 4.82. The zero-order valence-electron chi connectivity index (χ0n) is 12.7. The molecule has 2 heterocycles. The van der Waals surface area contributed by atoms with Gasteiger partial charge in [0.05, 0.1) is 6.54 Å². The van der Waals surface area contributed by atoms with Crippen molar-refractivity contribution in [2.24, 2.45) is 5.92 Å². The average Bonchev–Trinajstić information content (AvgIpc) is 3.37. The Kier molecular flexibility index (Phi) is 3.13. The van der Waals surface area contributed by atoms with Crippen molar-refractivity contribution in [3.8, 4) is 0 Å². The largest absolute Gasteiger partial charge is 0.464 e. The summed E-state index contributed by atoms with van der Waals surface area (Å²) in [5.74, 6) is 3.13. The van der Waals surface area contributed by atoms with Gasteiger partial charge in [-0.15, -0.1) is 0 Å². The molecule has 118 valence electrons. The lowest BCUT2D eigenvalue weighted by Gasteiger charge is -2.24. The number of nitrogens with zero attached hydrogens (tertiary/aromatic N) is 1. The fourth-order valence-corrected chi connectivity index (χ4v) is 3.14. The van der Waals surface area contributed by atoms with E-state index in [1.807, 2.05) is 17.0 Å². The molecule has 3 atom stereocenters. The molecule has 2 N–H and O–H groups in total. The maximum Gasteiger partial charge on any atom is 0.315 e. The van der Waals surface area contributed by atoms with Crippen molar-refractivity contribution in [1.29, 1.82) is 0 Å². The van der Waals surface area contributed by atoms with Crippen LogP contribution in [0.25, 0.3) is 0 Å². The number of carbonyl (C=O) groups excluding carboxylic acids is 2. The van der Waals surface area contributed by atoms with E-state index in [0.29, 0.717) is 31.0 Å². The molecule has 0 unspecified atom stereocenters. The highest BCUT2D eigenvalue weighted by Crippen LogP contribution is 2.47. The first-order chi connectivity index (χ1) is 10.6. The Labute approximate surface area is 129 Å². The Morgan fingerprint density at radius 3 is 2.77 bits per heavy atom. The van der Waals surface area contributed by atoms with Crippen LogP contribution in [0.4, 0.5) is 4.79 Å². The highest BCUT2D eigenvalue weighted by atomic mass is 16.3. The zero-order chi connectivity index (χ0) is 15.3. The Balaban J connectivity index is 1.44. The topological polar surface area (TPSA) is 74.6 Å². The lowest BCUT2D eigenvalue weighted by molar-refractivity contribution is -0.134. The number of carbonyl (C=O) groups is 2. The van der Waals surface area contributed by atoms with Gasteiger partial charge in [-0.2, -0.15) is 0 Å². The second-order valence-corrected chi connectivity index (χ2v) is 6.73. The third-order valence-electron chi connectivity index (χ3n) is 4.82. The summed E-state index contributed by atoms with van der Waals surface area (Å²) in [6, 6.07) is 3.59. The van der Waals surface area contributed by atoms with Crippen LogP contribution in [0.3, 0.4) is 0 Å². The zero-order valence-corrected chi connectivity index (χ0v) is 12.7. The van der Waals surface area contributed by atoms with E-state index >= 15 is 0 Å². The summed E-state index contributed by atoms with van der Waals surface area (Å²) in [5, 5.41) is 5.31. The molecule has 1 aromatic heterocycles. The van der Waals surface area contributed by atoms with E-state index in [-0.39, 0.29) is 11.9 Å². The number of furan rings is 1. The molecule has 1 saturated heterocycles. The standard InChI is InChI=1S/C16H21N3O3/c1-9-6-12(9)14-5-4-11(22-14)8-19(10-2-3-10)15(20)13-7-17-16(21)18-13/h4-5,9-10,12-13H,2-3,6-8H2,1H3,(H2,17,18,21)/t9-,12-,13+/m1/s1. The van der Waals surface area contributed by atoms with Crippen molar-refractivity contribution in [3.05, 3.63) is 23.7 Å². The molecule has 2 saturated carbocycles. The SMILES string of the molecule is C[C@@H]1C[C@H]1c1ccc(CN(C(=O)[C@@H]2CNC(=O)N2)C2CC2)o1. The van der Waals surface area contributed by atoms with Gasteiger partial charge in [-0.1, -0.05) is 6.92 Å². The minimum atomic E-state index is -0.453. The van der Waals surface area contributed by atoms with Crippen molar-refractivity contribution in [3.63, 3.8) is 0 Å². The van der Waals surface area contributed by atoms with Gasteiger partial charge in [0, 0.05) is 18.5 Å². The number of nitrogens with one attached hydrogen (secondary N) is 2. The summed E-state index contributed by atoms with van der Waals surface area (Å²) in [7, 11) is 0. The molecule has 1 aliphatic heterocycles. The first kappa shape index (κ1) is 13.7. The predicted molar refractivity (Wildman–Crippen MR) is 79.1 cm³/mol. The summed E-state index contributed by atoms with van der Waals surface area (Å²) < 4.78 is 5.92. The Hall–Kier alpha value is -1.98. The molecule has 1 aromatic rings. The van der Waals surface area contributed by atoms with Crippen LogP contribution in [0.1, 0.15) is 43.6 Å². The minimum absolute atomic E-state index is 0.0152. The van der Waals surface area contributed by atoms with Crippen molar-refractivity contribution in [2.75, 3.05) is 6.54 Å². The van der Waals surface area contributed by atoms with Gasteiger partial charge in [0.2, 0.25) is 5.91 Å². The second kappa shape index (κ2) is 5.04.